The number of ether oxygens (including phenoxy) is 1. The average Bonchev–Trinajstić information content (AvgIpc) is 3.49. The molecule has 0 radical (unpaired) electrons. The Morgan fingerprint density at radius 2 is 1.53 bits per heavy atom. The van der Waals surface area contributed by atoms with E-state index in [1.807, 2.05) is 11.3 Å². The zero-order chi connectivity index (χ0) is 37.1. The molecule has 0 spiro atoms. The van der Waals surface area contributed by atoms with Crippen molar-refractivity contribution in [1.82, 2.24) is 9.97 Å². The van der Waals surface area contributed by atoms with Crippen molar-refractivity contribution in [3.05, 3.63) is 105 Å². The van der Waals surface area contributed by atoms with Gasteiger partial charge in [-0.15, -0.1) is 11.3 Å². The third kappa shape index (κ3) is 4.36. The fourth-order valence-electron chi connectivity index (χ4n) is 10.1. The van der Waals surface area contributed by atoms with E-state index in [0.29, 0.717) is 0 Å². The first-order valence-corrected chi connectivity index (χ1v) is 20.2. The summed E-state index contributed by atoms with van der Waals surface area (Å²) in [6.45, 7) is 25.6. The summed E-state index contributed by atoms with van der Waals surface area (Å²) in [7, 11) is 0. The van der Waals surface area contributed by atoms with Gasteiger partial charge in [0.15, 0.2) is 17.3 Å². The number of para-hydroxylation sites is 1. The second-order valence-corrected chi connectivity index (χ2v) is 20.1. The van der Waals surface area contributed by atoms with Crippen LogP contribution in [0.25, 0.3) is 21.5 Å². The van der Waals surface area contributed by atoms with Gasteiger partial charge in [0, 0.05) is 26.1 Å². The minimum Gasteiger partial charge on any atom is -0.453 e. The molecule has 3 aliphatic heterocycles. The molecule has 0 fully saturated rings. The van der Waals surface area contributed by atoms with E-state index in [4.69, 9.17) is 14.7 Å². The van der Waals surface area contributed by atoms with E-state index in [1.165, 1.54) is 59.2 Å². The van der Waals surface area contributed by atoms with E-state index in [1.54, 1.807) is 0 Å². The maximum atomic E-state index is 7.24. The van der Waals surface area contributed by atoms with Crippen LogP contribution in [0.5, 0.6) is 11.5 Å². The molecule has 4 nitrogen and oxygen atoms in total. The molecule has 0 atom stereocenters. The van der Waals surface area contributed by atoms with E-state index in [0.717, 1.165) is 58.6 Å². The quantitative estimate of drug-likeness (QED) is 0.159. The predicted octanol–water partition coefficient (Wildman–Crippen LogP) is 10.7. The molecule has 1 aliphatic carbocycles. The lowest BCUT2D eigenvalue weighted by Crippen LogP contribution is -2.64. The third-order valence-corrected chi connectivity index (χ3v) is 14.6. The van der Waals surface area contributed by atoms with Gasteiger partial charge in [-0.05, 0) is 119 Å². The lowest BCUT2D eigenvalue weighted by molar-refractivity contribution is 0.319. The first-order valence-electron chi connectivity index (χ1n) is 19.3. The minimum absolute atomic E-state index is 0.0247. The van der Waals surface area contributed by atoms with Crippen LogP contribution in [-0.2, 0) is 21.7 Å². The Morgan fingerprint density at radius 3 is 2.26 bits per heavy atom. The fourth-order valence-corrected chi connectivity index (χ4v) is 11.4. The number of benzene rings is 4. The van der Waals surface area contributed by atoms with E-state index < -0.39 is 0 Å². The van der Waals surface area contributed by atoms with Gasteiger partial charge in [0.2, 0.25) is 0 Å². The standard InChI is InChI=1S/C47H48BN3OS/c1-25-14-12-15-26(2)34(25)42-49-40-37-43(50-42)51-31-20-19-29-35(46(8,9)23-22-45(29,6)7)39(31)52-32-17-13-16-30(38(32)51)48(37)36-28-24-27(44(3,4)5)18-21-33(28)53-41(36)47(40,10)11/h12-21,24H,22-23H2,1-11H3. The molecule has 0 N–H and O–H groups in total. The molecule has 4 aliphatic rings. The van der Waals surface area contributed by atoms with Gasteiger partial charge in [-0.3, -0.25) is 4.90 Å². The monoisotopic (exact) mass is 713 g/mol. The van der Waals surface area contributed by atoms with Crippen LogP contribution in [0.2, 0.25) is 0 Å². The van der Waals surface area contributed by atoms with Crippen molar-refractivity contribution in [2.24, 2.45) is 0 Å². The number of aryl methyl sites for hydroxylation is 2. The number of hydrogen-bond donors (Lipinski definition) is 0. The largest absolute Gasteiger partial charge is 0.453 e. The molecule has 6 aromatic rings. The number of hydrogen-bond acceptors (Lipinski definition) is 5. The van der Waals surface area contributed by atoms with E-state index in [2.05, 4.69) is 148 Å². The number of aromatic nitrogens is 2. The summed E-state index contributed by atoms with van der Waals surface area (Å²) in [6, 6.07) is 25.1. The van der Waals surface area contributed by atoms with Gasteiger partial charge >= 0.3 is 0 Å². The number of fused-ring (bicyclic) bond motifs is 10. The molecular weight excluding hydrogens is 665 g/mol. The lowest BCUT2D eigenvalue weighted by Gasteiger charge is -2.47. The molecule has 266 valence electrons. The molecular formula is C47H48BN3OS. The minimum atomic E-state index is -0.345. The van der Waals surface area contributed by atoms with E-state index in [-0.39, 0.29) is 28.4 Å². The highest BCUT2D eigenvalue weighted by Crippen LogP contribution is 2.59. The maximum absolute atomic E-state index is 7.24. The Labute approximate surface area is 318 Å². The van der Waals surface area contributed by atoms with Gasteiger partial charge in [-0.1, -0.05) is 97.0 Å². The summed E-state index contributed by atoms with van der Waals surface area (Å²) >= 11 is 1.94. The zero-order valence-electron chi connectivity index (χ0n) is 33.0. The zero-order valence-corrected chi connectivity index (χ0v) is 33.8. The average molecular weight is 714 g/mol. The van der Waals surface area contributed by atoms with Gasteiger partial charge in [-0.2, -0.15) is 0 Å². The van der Waals surface area contributed by atoms with E-state index in [9.17, 15) is 0 Å². The van der Waals surface area contributed by atoms with Crippen molar-refractivity contribution in [2.75, 3.05) is 4.90 Å². The van der Waals surface area contributed by atoms with Gasteiger partial charge < -0.3 is 4.74 Å². The van der Waals surface area contributed by atoms with Crippen LogP contribution in [0.3, 0.4) is 0 Å². The molecule has 0 unspecified atom stereocenters. The van der Waals surface area contributed by atoms with Crippen LogP contribution in [0.15, 0.2) is 66.7 Å². The van der Waals surface area contributed by atoms with Crippen molar-refractivity contribution in [3.8, 4) is 22.9 Å². The van der Waals surface area contributed by atoms with Crippen LogP contribution in [0.4, 0.5) is 17.2 Å². The molecule has 0 saturated carbocycles. The maximum Gasteiger partial charge on any atom is 0.253 e. The summed E-state index contributed by atoms with van der Waals surface area (Å²) in [5, 5.41) is 1.35. The summed E-state index contributed by atoms with van der Waals surface area (Å²) in [4.78, 5) is 15.2. The van der Waals surface area contributed by atoms with Crippen LogP contribution in [0, 0.1) is 13.8 Å². The summed E-state index contributed by atoms with van der Waals surface area (Å²) in [6.07, 6.45) is 2.26. The highest BCUT2D eigenvalue weighted by molar-refractivity contribution is 7.22. The van der Waals surface area contributed by atoms with Gasteiger partial charge in [-0.25, -0.2) is 9.97 Å². The second-order valence-electron chi connectivity index (χ2n) is 19.0. The first kappa shape index (κ1) is 33.2. The highest BCUT2D eigenvalue weighted by atomic mass is 32.1. The van der Waals surface area contributed by atoms with Crippen LogP contribution >= 0.6 is 11.3 Å². The summed E-state index contributed by atoms with van der Waals surface area (Å²) < 4.78 is 8.57. The van der Waals surface area contributed by atoms with Gasteiger partial charge in [0.25, 0.3) is 6.71 Å². The molecule has 5 heterocycles. The summed E-state index contributed by atoms with van der Waals surface area (Å²) in [5.41, 5.74) is 14.5. The molecule has 4 aromatic carbocycles. The topological polar surface area (TPSA) is 38.2 Å². The van der Waals surface area contributed by atoms with Crippen molar-refractivity contribution in [2.45, 2.75) is 111 Å². The molecule has 0 amide bonds. The number of rotatable bonds is 1. The first-order chi connectivity index (χ1) is 25.0. The number of anilines is 3. The molecule has 6 heteroatoms. The van der Waals surface area contributed by atoms with Gasteiger partial charge in [0.1, 0.15) is 5.82 Å². The SMILES string of the molecule is Cc1cccc(C)c1-c1nc2c3c(n1)C(C)(C)c1sc4ccc(C(C)(C)C)cc4c1B3c1cccc3c1N2c1ccc2c(c1O3)C(C)(C)CCC2(C)C. The Morgan fingerprint density at radius 1 is 0.811 bits per heavy atom. The lowest BCUT2D eigenvalue weighted by atomic mass is 9.31. The van der Waals surface area contributed by atoms with E-state index >= 15 is 0 Å². The van der Waals surface area contributed by atoms with Crippen molar-refractivity contribution >= 4 is 61.7 Å². The molecule has 0 bridgehead atoms. The van der Waals surface area contributed by atoms with Crippen molar-refractivity contribution < 1.29 is 4.74 Å². The van der Waals surface area contributed by atoms with Crippen LogP contribution in [-0.4, -0.2) is 16.7 Å². The molecule has 10 rings (SSSR count). The van der Waals surface area contributed by atoms with Crippen molar-refractivity contribution in [1.29, 1.82) is 0 Å². The van der Waals surface area contributed by atoms with Gasteiger partial charge in [0.05, 0.1) is 17.1 Å². The Balaban J connectivity index is 1.35. The Hall–Kier alpha value is -4.42. The fraction of sp³-hybridized carbons (Fsp3) is 0.362. The molecule has 53 heavy (non-hydrogen) atoms. The molecule has 0 saturated heterocycles. The second kappa shape index (κ2) is 10.4. The predicted molar refractivity (Wildman–Crippen MR) is 224 cm³/mol. The normalized spacial score (nSPS) is 18.1. The number of nitrogens with zero attached hydrogens (tertiary/aromatic N) is 3. The Kier molecular flexibility index (Phi) is 6.52. The highest BCUT2D eigenvalue weighted by Gasteiger charge is 2.52. The molecule has 2 aromatic heterocycles. The smallest absolute Gasteiger partial charge is 0.253 e. The van der Waals surface area contributed by atoms with Crippen LogP contribution in [0.1, 0.15) is 114 Å². The van der Waals surface area contributed by atoms with Crippen molar-refractivity contribution in [3.63, 3.8) is 0 Å². The Bertz CT molecular complexity index is 2580. The number of thiophene rings is 1. The van der Waals surface area contributed by atoms with Crippen LogP contribution < -0.4 is 26.0 Å². The summed E-state index contributed by atoms with van der Waals surface area (Å²) in [5.74, 6) is 3.67. The third-order valence-electron chi connectivity index (χ3n) is 13.1.